The molecule has 1 aliphatic rings. The summed E-state index contributed by atoms with van der Waals surface area (Å²) in [5.74, 6) is -1.47. The minimum Gasteiger partial charge on any atom is -0.503 e. The number of amides is 1. The van der Waals surface area contributed by atoms with E-state index in [-0.39, 0.29) is 22.2 Å². The van der Waals surface area contributed by atoms with Gasteiger partial charge in [0.1, 0.15) is 12.4 Å². The summed E-state index contributed by atoms with van der Waals surface area (Å²) in [4.78, 5) is 45.5. The molecule has 1 unspecified atom stereocenters. The molecule has 39 heavy (non-hydrogen) atoms. The number of ether oxygens (including phenoxy) is 2. The Bertz CT molecular complexity index is 1660. The number of carbonyl (C=O) groups is 3. The molecule has 3 heterocycles. The van der Waals surface area contributed by atoms with Crippen LogP contribution in [-0.2, 0) is 4.79 Å². The highest BCUT2D eigenvalue weighted by Crippen LogP contribution is 2.44. The van der Waals surface area contributed by atoms with Crippen LogP contribution in [0.25, 0.3) is 11.0 Å². The van der Waals surface area contributed by atoms with Crippen molar-refractivity contribution in [2.24, 2.45) is 0 Å². The van der Waals surface area contributed by atoms with Crippen molar-refractivity contribution >= 4 is 44.9 Å². The zero-order chi connectivity index (χ0) is 27.8. The number of aryl methyl sites for hydroxylation is 1. The Morgan fingerprint density at radius 3 is 2.62 bits per heavy atom. The third-order valence-corrected chi connectivity index (χ3v) is 7.54. The Balaban J connectivity index is 1.64. The number of Topliss-reactive ketones (excluding diaryl/α,β-unsaturated/α-hetero) is 2. The van der Waals surface area contributed by atoms with E-state index in [2.05, 4.69) is 11.6 Å². The highest BCUT2D eigenvalue weighted by Gasteiger charge is 2.47. The van der Waals surface area contributed by atoms with Crippen LogP contribution in [0, 0.1) is 6.92 Å². The zero-order valence-corrected chi connectivity index (χ0v) is 22.2. The monoisotopic (exact) mass is 544 g/mol. The predicted molar refractivity (Wildman–Crippen MR) is 146 cm³/mol. The Labute approximate surface area is 227 Å². The largest absolute Gasteiger partial charge is 0.503 e. The van der Waals surface area contributed by atoms with Gasteiger partial charge in [0.15, 0.2) is 33.8 Å². The summed E-state index contributed by atoms with van der Waals surface area (Å²) >= 11 is 1.02. The fourth-order valence-corrected chi connectivity index (χ4v) is 5.49. The maximum Gasteiger partial charge on any atom is 0.296 e. The summed E-state index contributed by atoms with van der Waals surface area (Å²) < 4.78 is 16.8. The molecule has 1 atom stereocenters. The molecule has 0 radical (unpaired) electrons. The third-order valence-electron chi connectivity index (χ3n) is 6.28. The number of anilines is 1. The van der Waals surface area contributed by atoms with Crippen molar-refractivity contribution in [1.82, 2.24) is 4.98 Å². The van der Waals surface area contributed by atoms with E-state index in [4.69, 9.17) is 13.9 Å². The average molecular weight is 545 g/mol. The number of rotatable bonds is 9. The van der Waals surface area contributed by atoms with E-state index in [1.54, 1.807) is 55.5 Å². The standard InChI is InChI=1S/C29H24N2O7S/c1-5-13-37-19-11-9-17(10-12-19)23-22(24(33)21-14-18-7-6-8-20(36-4)26(18)38-21)25(34)28(35)31(23)29-30-15(2)27(39-29)16(3)32/h5-12,14,23,34H,1,13H2,2-4H3. The summed E-state index contributed by atoms with van der Waals surface area (Å²) in [6.45, 7) is 7.02. The number of carbonyl (C=O) groups excluding carboxylic acids is 3. The normalized spacial score (nSPS) is 15.2. The number of para-hydroxylation sites is 1. The molecule has 0 bridgehead atoms. The van der Waals surface area contributed by atoms with E-state index in [0.29, 0.717) is 45.2 Å². The first-order valence-corrected chi connectivity index (χ1v) is 12.8. The fraction of sp³-hybridized carbons (Fsp3) is 0.172. The zero-order valence-electron chi connectivity index (χ0n) is 21.4. The molecular weight excluding hydrogens is 520 g/mol. The van der Waals surface area contributed by atoms with Crippen LogP contribution in [0.15, 0.2) is 76.9 Å². The number of methoxy groups -OCH3 is 1. The summed E-state index contributed by atoms with van der Waals surface area (Å²) in [5, 5.41) is 11.9. The van der Waals surface area contributed by atoms with Gasteiger partial charge in [-0.1, -0.05) is 48.3 Å². The number of fused-ring (bicyclic) bond motifs is 1. The lowest BCUT2D eigenvalue weighted by Crippen LogP contribution is -2.31. The fourth-order valence-electron chi connectivity index (χ4n) is 4.50. The van der Waals surface area contributed by atoms with Crippen LogP contribution in [0.1, 0.15) is 44.4 Å². The molecule has 1 N–H and O–H groups in total. The second kappa shape index (κ2) is 10.2. The van der Waals surface area contributed by atoms with E-state index >= 15 is 0 Å². The topological polar surface area (TPSA) is 119 Å². The van der Waals surface area contributed by atoms with Gasteiger partial charge in [-0.15, -0.1) is 0 Å². The van der Waals surface area contributed by atoms with Gasteiger partial charge in [-0.25, -0.2) is 4.98 Å². The quantitative estimate of drug-likeness (QED) is 0.209. The Kier molecular flexibility index (Phi) is 6.80. The number of hydrogen-bond acceptors (Lipinski definition) is 9. The van der Waals surface area contributed by atoms with Crippen molar-refractivity contribution in [2.45, 2.75) is 19.9 Å². The lowest BCUT2D eigenvalue weighted by Gasteiger charge is -2.24. The number of nitrogens with zero attached hydrogens (tertiary/aromatic N) is 2. The molecule has 9 nitrogen and oxygen atoms in total. The van der Waals surface area contributed by atoms with Gasteiger partial charge in [-0.2, -0.15) is 0 Å². The molecule has 10 heteroatoms. The molecule has 0 saturated carbocycles. The lowest BCUT2D eigenvalue weighted by atomic mass is 9.95. The number of aromatic nitrogens is 1. The van der Waals surface area contributed by atoms with Crippen LogP contribution in [0.4, 0.5) is 5.13 Å². The molecule has 1 aliphatic heterocycles. The van der Waals surface area contributed by atoms with E-state index < -0.39 is 23.5 Å². The number of hydrogen-bond donors (Lipinski definition) is 1. The maximum atomic E-state index is 13.9. The number of ketones is 2. The molecule has 2 aromatic carbocycles. The van der Waals surface area contributed by atoms with Gasteiger partial charge in [-0.05, 0) is 36.8 Å². The number of benzene rings is 2. The molecule has 0 saturated heterocycles. The van der Waals surface area contributed by atoms with E-state index in [9.17, 15) is 19.5 Å². The van der Waals surface area contributed by atoms with Gasteiger partial charge in [0, 0.05) is 12.3 Å². The van der Waals surface area contributed by atoms with Gasteiger partial charge in [0.05, 0.1) is 29.3 Å². The van der Waals surface area contributed by atoms with Crippen molar-refractivity contribution in [3.05, 3.63) is 94.4 Å². The number of thiazole rings is 1. The molecule has 2 aromatic heterocycles. The van der Waals surface area contributed by atoms with Gasteiger partial charge in [0.25, 0.3) is 5.91 Å². The highest BCUT2D eigenvalue weighted by atomic mass is 32.1. The molecule has 0 spiro atoms. The Hall–Kier alpha value is -4.70. The van der Waals surface area contributed by atoms with Crippen molar-refractivity contribution in [1.29, 1.82) is 0 Å². The lowest BCUT2D eigenvalue weighted by molar-refractivity contribution is -0.117. The van der Waals surface area contributed by atoms with Gasteiger partial charge >= 0.3 is 0 Å². The van der Waals surface area contributed by atoms with Crippen LogP contribution in [-0.4, -0.2) is 41.3 Å². The van der Waals surface area contributed by atoms with Crippen molar-refractivity contribution in [3.63, 3.8) is 0 Å². The van der Waals surface area contributed by atoms with Crippen LogP contribution in [0.3, 0.4) is 0 Å². The van der Waals surface area contributed by atoms with E-state index in [1.807, 2.05) is 0 Å². The second-order valence-electron chi connectivity index (χ2n) is 8.79. The van der Waals surface area contributed by atoms with E-state index in [0.717, 1.165) is 11.3 Å². The van der Waals surface area contributed by atoms with Crippen molar-refractivity contribution < 1.29 is 33.4 Å². The summed E-state index contributed by atoms with van der Waals surface area (Å²) in [6, 6.07) is 12.5. The highest BCUT2D eigenvalue weighted by molar-refractivity contribution is 7.17. The SMILES string of the molecule is C=CCOc1ccc(C2C(C(=O)c3cc4cccc(OC)c4o3)=C(O)C(=O)N2c2nc(C)c(C(C)=O)s2)cc1. The molecule has 4 aromatic rings. The van der Waals surface area contributed by atoms with Crippen LogP contribution in [0.2, 0.25) is 0 Å². The first-order chi connectivity index (χ1) is 18.7. The Morgan fingerprint density at radius 2 is 1.97 bits per heavy atom. The van der Waals surface area contributed by atoms with Crippen LogP contribution >= 0.6 is 11.3 Å². The average Bonchev–Trinajstić information content (AvgIpc) is 3.61. The van der Waals surface area contributed by atoms with Gasteiger partial charge in [-0.3, -0.25) is 19.3 Å². The maximum absolute atomic E-state index is 13.9. The van der Waals surface area contributed by atoms with Gasteiger partial charge < -0.3 is 19.0 Å². The van der Waals surface area contributed by atoms with E-state index in [1.165, 1.54) is 25.0 Å². The smallest absolute Gasteiger partial charge is 0.296 e. The minimum atomic E-state index is -1.04. The summed E-state index contributed by atoms with van der Waals surface area (Å²) in [7, 11) is 1.49. The Morgan fingerprint density at radius 1 is 1.23 bits per heavy atom. The first-order valence-electron chi connectivity index (χ1n) is 11.9. The van der Waals surface area contributed by atoms with Crippen molar-refractivity contribution in [2.75, 3.05) is 18.6 Å². The molecule has 5 rings (SSSR count). The van der Waals surface area contributed by atoms with Gasteiger partial charge in [0.2, 0.25) is 5.78 Å². The molecule has 0 aliphatic carbocycles. The summed E-state index contributed by atoms with van der Waals surface area (Å²) in [5.41, 5.74) is 1.17. The number of aliphatic hydroxyl groups excluding tert-OH is 1. The van der Waals surface area contributed by atoms with Crippen molar-refractivity contribution in [3.8, 4) is 11.5 Å². The number of furan rings is 1. The van der Waals surface area contributed by atoms with Crippen LogP contribution < -0.4 is 14.4 Å². The molecular formula is C29H24N2O7S. The predicted octanol–water partition coefficient (Wildman–Crippen LogP) is 5.76. The second-order valence-corrected chi connectivity index (χ2v) is 9.77. The third kappa shape index (κ3) is 4.48. The first kappa shape index (κ1) is 25.9. The minimum absolute atomic E-state index is 0.0682. The molecule has 198 valence electrons. The molecule has 0 fully saturated rings. The van der Waals surface area contributed by atoms with Crippen LogP contribution in [0.5, 0.6) is 11.5 Å². The summed E-state index contributed by atoms with van der Waals surface area (Å²) in [6.07, 6.45) is 1.61. The molecule has 1 amide bonds. The number of aliphatic hydroxyl groups is 1.